The molecule has 0 saturated carbocycles. The SMILES string of the molecule is CC(C)(C)OC(=O)Nc1ccc(Cl)nc1I. The Morgan fingerprint density at radius 2 is 2.12 bits per heavy atom. The van der Waals surface area contributed by atoms with E-state index in [0.717, 1.165) is 0 Å². The van der Waals surface area contributed by atoms with Gasteiger partial charge in [0.15, 0.2) is 0 Å². The van der Waals surface area contributed by atoms with Crippen molar-refractivity contribution in [1.29, 1.82) is 0 Å². The highest BCUT2D eigenvalue weighted by Crippen LogP contribution is 2.19. The number of hydrogen-bond acceptors (Lipinski definition) is 3. The summed E-state index contributed by atoms with van der Waals surface area (Å²) in [6, 6.07) is 3.29. The number of pyridine rings is 1. The van der Waals surface area contributed by atoms with Gasteiger partial charge in [-0.25, -0.2) is 9.78 Å². The number of carbonyl (C=O) groups is 1. The van der Waals surface area contributed by atoms with Crippen LogP contribution in [0.1, 0.15) is 20.8 Å². The predicted molar refractivity (Wildman–Crippen MR) is 71.8 cm³/mol. The van der Waals surface area contributed by atoms with E-state index in [2.05, 4.69) is 10.3 Å². The average molecular weight is 355 g/mol. The van der Waals surface area contributed by atoms with Gasteiger partial charge in [0.1, 0.15) is 14.5 Å². The van der Waals surface area contributed by atoms with Crippen LogP contribution >= 0.6 is 34.2 Å². The molecule has 0 saturated heterocycles. The molecule has 88 valence electrons. The fourth-order valence-corrected chi connectivity index (χ4v) is 1.78. The first-order valence-corrected chi connectivity index (χ1v) is 6.05. The molecule has 0 aliphatic rings. The number of amides is 1. The Labute approximate surface area is 113 Å². The lowest BCUT2D eigenvalue weighted by Gasteiger charge is -2.19. The van der Waals surface area contributed by atoms with Crippen molar-refractivity contribution in [3.8, 4) is 0 Å². The quantitative estimate of drug-likeness (QED) is 0.618. The fourth-order valence-electron chi connectivity index (χ4n) is 0.919. The van der Waals surface area contributed by atoms with Gasteiger partial charge in [-0.05, 0) is 55.5 Å². The summed E-state index contributed by atoms with van der Waals surface area (Å²) in [4.78, 5) is 15.5. The third-order valence-corrected chi connectivity index (χ3v) is 2.48. The number of rotatable bonds is 1. The summed E-state index contributed by atoms with van der Waals surface area (Å²) >= 11 is 7.69. The minimum atomic E-state index is -0.518. The summed E-state index contributed by atoms with van der Waals surface area (Å²) in [5.74, 6) is 0. The van der Waals surface area contributed by atoms with Crippen molar-refractivity contribution in [2.45, 2.75) is 26.4 Å². The Kier molecular flexibility index (Phi) is 4.37. The Bertz CT molecular complexity index is 404. The minimum Gasteiger partial charge on any atom is -0.444 e. The number of aromatic nitrogens is 1. The first-order valence-electron chi connectivity index (χ1n) is 4.60. The molecule has 1 N–H and O–H groups in total. The molecular formula is C10H12ClIN2O2. The van der Waals surface area contributed by atoms with Crippen LogP contribution in [0.5, 0.6) is 0 Å². The maximum atomic E-state index is 11.5. The van der Waals surface area contributed by atoms with Crippen LogP contribution in [-0.4, -0.2) is 16.7 Å². The van der Waals surface area contributed by atoms with E-state index in [1.165, 1.54) is 0 Å². The number of hydrogen-bond donors (Lipinski definition) is 1. The molecule has 0 radical (unpaired) electrons. The Morgan fingerprint density at radius 1 is 1.50 bits per heavy atom. The first-order chi connectivity index (χ1) is 7.28. The van der Waals surface area contributed by atoms with E-state index in [9.17, 15) is 4.79 Å². The highest BCUT2D eigenvalue weighted by atomic mass is 127. The van der Waals surface area contributed by atoms with Gasteiger partial charge in [-0.3, -0.25) is 5.32 Å². The van der Waals surface area contributed by atoms with E-state index < -0.39 is 11.7 Å². The van der Waals surface area contributed by atoms with Crippen LogP contribution in [-0.2, 0) is 4.74 Å². The second kappa shape index (κ2) is 5.18. The van der Waals surface area contributed by atoms with Crippen LogP contribution < -0.4 is 5.32 Å². The van der Waals surface area contributed by atoms with Crippen LogP contribution in [0, 0.1) is 3.70 Å². The van der Waals surface area contributed by atoms with Crippen LogP contribution in [0.15, 0.2) is 12.1 Å². The molecule has 1 aromatic heterocycles. The van der Waals surface area contributed by atoms with Gasteiger partial charge in [-0.1, -0.05) is 11.6 Å². The maximum Gasteiger partial charge on any atom is 0.412 e. The van der Waals surface area contributed by atoms with Crippen molar-refractivity contribution in [2.24, 2.45) is 0 Å². The molecule has 0 aliphatic carbocycles. The van der Waals surface area contributed by atoms with Crippen LogP contribution in [0.25, 0.3) is 0 Å². The van der Waals surface area contributed by atoms with Crippen molar-refractivity contribution < 1.29 is 9.53 Å². The van der Waals surface area contributed by atoms with Gasteiger partial charge in [0.25, 0.3) is 0 Å². The molecule has 1 aromatic rings. The molecule has 0 unspecified atom stereocenters. The second-order valence-electron chi connectivity index (χ2n) is 4.10. The Hall–Kier alpha value is -0.560. The van der Waals surface area contributed by atoms with E-state index in [0.29, 0.717) is 14.5 Å². The van der Waals surface area contributed by atoms with Gasteiger partial charge in [0.2, 0.25) is 0 Å². The topological polar surface area (TPSA) is 51.2 Å². The molecule has 4 nitrogen and oxygen atoms in total. The highest BCUT2D eigenvalue weighted by Gasteiger charge is 2.17. The van der Waals surface area contributed by atoms with Gasteiger partial charge in [0.05, 0.1) is 5.69 Å². The number of nitrogens with zero attached hydrogens (tertiary/aromatic N) is 1. The van der Waals surface area contributed by atoms with Gasteiger partial charge in [-0.2, -0.15) is 0 Å². The molecule has 6 heteroatoms. The number of nitrogens with one attached hydrogen (secondary N) is 1. The van der Waals surface area contributed by atoms with Gasteiger partial charge in [-0.15, -0.1) is 0 Å². The Balaban J connectivity index is 2.70. The standard InChI is InChI=1S/C10H12ClIN2O2/c1-10(2,3)16-9(15)13-6-4-5-7(11)14-8(6)12/h4-5H,1-3H3,(H,13,15). The van der Waals surface area contributed by atoms with Gasteiger partial charge < -0.3 is 4.74 Å². The van der Waals surface area contributed by atoms with E-state index in [1.54, 1.807) is 32.9 Å². The van der Waals surface area contributed by atoms with E-state index >= 15 is 0 Å². The maximum absolute atomic E-state index is 11.5. The first kappa shape index (κ1) is 13.5. The minimum absolute atomic E-state index is 0.388. The molecular weight excluding hydrogens is 342 g/mol. The van der Waals surface area contributed by atoms with E-state index in [1.807, 2.05) is 22.6 Å². The van der Waals surface area contributed by atoms with Crippen LogP contribution in [0.4, 0.5) is 10.5 Å². The summed E-state index contributed by atoms with van der Waals surface area (Å²) in [7, 11) is 0. The summed E-state index contributed by atoms with van der Waals surface area (Å²) in [6.07, 6.45) is -0.505. The molecule has 0 aromatic carbocycles. The normalized spacial score (nSPS) is 11.1. The molecule has 1 heterocycles. The zero-order valence-electron chi connectivity index (χ0n) is 9.17. The van der Waals surface area contributed by atoms with Crippen molar-refractivity contribution in [2.75, 3.05) is 5.32 Å². The number of ether oxygens (including phenoxy) is 1. The smallest absolute Gasteiger partial charge is 0.412 e. The molecule has 0 aliphatic heterocycles. The number of halogens is 2. The van der Waals surface area contributed by atoms with Crippen molar-refractivity contribution in [3.05, 3.63) is 21.0 Å². The Morgan fingerprint density at radius 3 is 2.62 bits per heavy atom. The molecule has 1 amide bonds. The van der Waals surface area contributed by atoms with Crippen molar-refractivity contribution in [1.82, 2.24) is 4.98 Å². The van der Waals surface area contributed by atoms with Crippen LogP contribution in [0.3, 0.4) is 0 Å². The molecule has 0 fully saturated rings. The van der Waals surface area contributed by atoms with Gasteiger partial charge in [0, 0.05) is 0 Å². The zero-order chi connectivity index (χ0) is 12.3. The lowest BCUT2D eigenvalue weighted by Crippen LogP contribution is -2.27. The number of carbonyl (C=O) groups excluding carboxylic acids is 1. The molecule has 16 heavy (non-hydrogen) atoms. The van der Waals surface area contributed by atoms with Crippen LogP contribution in [0.2, 0.25) is 5.15 Å². The van der Waals surface area contributed by atoms with E-state index in [-0.39, 0.29) is 0 Å². The molecule has 1 rings (SSSR count). The van der Waals surface area contributed by atoms with Crippen molar-refractivity contribution in [3.63, 3.8) is 0 Å². The highest BCUT2D eigenvalue weighted by molar-refractivity contribution is 14.1. The third kappa shape index (κ3) is 4.52. The fraction of sp³-hybridized carbons (Fsp3) is 0.400. The zero-order valence-corrected chi connectivity index (χ0v) is 12.1. The predicted octanol–water partition coefficient (Wildman–Crippen LogP) is 3.69. The molecule has 0 bridgehead atoms. The summed E-state index contributed by atoms with van der Waals surface area (Å²) in [5.41, 5.74) is 0.0642. The third-order valence-electron chi connectivity index (χ3n) is 1.45. The lowest BCUT2D eigenvalue weighted by atomic mass is 10.2. The van der Waals surface area contributed by atoms with Crippen molar-refractivity contribution >= 4 is 46.0 Å². The summed E-state index contributed by atoms with van der Waals surface area (Å²) < 4.78 is 5.73. The second-order valence-corrected chi connectivity index (χ2v) is 5.51. The monoisotopic (exact) mass is 354 g/mol. The summed E-state index contributed by atoms with van der Waals surface area (Å²) in [5, 5.41) is 2.99. The average Bonchev–Trinajstić information content (AvgIpc) is 2.06. The van der Waals surface area contributed by atoms with Gasteiger partial charge >= 0.3 is 6.09 Å². The molecule has 0 atom stereocenters. The number of anilines is 1. The van der Waals surface area contributed by atoms with E-state index in [4.69, 9.17) is 16.3 Å². The largest absolute Gasteiger partial charge is 0.444 e. The lowest BCUT2D eigenvalue weighted by molar-refractivity contribution is 0.0636. The summed E-state index contributed by atoms with van der Waals surface area (Å²) in [6.45, 7) is 5.41. The molecule has 0 spiro atoms.